The molecule has 0 N–H and O–H groups in total. The predicted octanol–water partition coefficient (Wildman–Crippen LogP) is 2.20. The number of likely N-dealkylation sites (tertiary alicyclic amines) is 1. The lowest BCUT2D eigenvalue weighted by molar-refractivity contribution is -0.138. The summed E-state index contributed by atoms with van der Waals surface area (Å²) in [4.78, 5) is 11.8. The number of halogens is 4. The highest BCUT2D eigenvalue weighted by molar-refractivity contribution is 5.48. The molecule has 19 heavy (non-hydrogen) atoms. The Hall–Kier alpha value is -1.63. The first-order valence-electron chi connectivity index (χ1n) is 5.56. The Morgan fingerprint density at radius 3 is 2.63 bits per heavy atom. The van der Waals surface area contributed by atoms with Crippen LogP contribution in [-0.2, 0) is 22.3 Å². The van der Waals surface area contributed by atoms with Gasteiger partial charge in [0.15, 0.2) is 0 Å². The van der Waals surface area contributed by atoms with Crippen LogP contribution < -0.4 is 0 Å². The van der Waals surface area contributed by atoms with E-state index in [4.69, 9.17) is 4.74 Å². The number of carbonyl (C=O) groups excluding carboxylic acids is 1. The molecular weight excluding hydrogens is 266 g/mol. The molecule has 1 aromatic carbocycles. The zero-order valence-corrected chi connectivity index (χ0v) is 9.78. The van der Waals surface area contributed by atoms with Gasteiger partial charge in [0, 0.05) is 18.7 Å². The largest absolute Gasteiger partial charge is 0.416 e. The van der Waals surface area contributed by atoms with Gasteiger partial charge < -0.3 is 9.64 Å². The first kappa shape index (κ1) is 13.8. The van der Waals surface area contributed by atoms with Crippen LogP contribution in [0, 0.1) is 5.82 Å². The molecule has 1 aliphatic rings. The summed E-state index contributed by atoms with van der Waals surface area (Å²) in [6.07, 6.45) is -4.10. The number of benzene rings is 1. The molecule has 0 aliphatic carbocycles. The highest BCUT2D eigenvalue weighted by Crippen LogP contribution is 2.30. The predicted molar refractivity (Wildman–Crippen MR) is 57.6 cm³/mol. The van der Waals surface area contributed by atoms with Crippen LogP contribution in [-0.4, -0.2) is 30.5 Å². The molecule has 1 amide bonds. The Bertz CT molecular complexity index is 469. The van der Waals surface area contributed by atoms with Crippen molar-refractivity contribution in [2.75, 3.05) is 13.1 Å². The quantitative estimate of drug-likeness (QED) is 0.623. The maximum Gasteiger partial charge on any atom is 0.416 e. The van der Waals surface area contributed by atoms with Gasteiger partial charge in [-0.15, -0.1) is 0 Å². The van der Waals surface area contributed by atoms with E-state index >= 15 is 0 Å². The highest BCUT2D eigenvalue weighted by atomic mass is 19.4. The average Bonchev–Trinajstić information content (AvgIpc) is 2.28. The van der Waals surface area contributed by atoms with Gasteiger partial charge in [-0.1, -0.05) is 0 Å². The van der Waals surface area contributed by atoms with E-state index in [0.29, 0.717) is 25.6 Å². The molecule has 0 spiro atoms. The van der Waals surface area contributed by atoms with Gasteiger partial charge in [0.25, 0.3) is 0 Å². The van der Waals surface area contributed by atoms with Gasteiger partial charge in [0.1, 0.15) is 5.82 Å². The smallest absolute Gasteiger partial charge is 0.370 e. The van der Waals surface area contributed by atoms with Crippen molar-refractivity contribution in [1.82, 2.24) is 4.90 Å². The monoisotopic (exact) mass is 277 g/mol. The SMILES string of the molecule is O=CN1CC(OCc2cc(C(F)(F)F)ccc2F)C1. The number of nitrogens with zero attached hydrogens (tertiary/aromatic N) is 1. The summed E-state index contributed by atoms with van der Waals surface area (Å²) in [5, 5.41) is 0. The van der Waals surface area contributed by atoms with Crippen molar-refractivity contribution in [3.63, 3.8) is 0 Å². The number of hydrogen-bond donors (Lipinski definition) is 0. The van der Waals surface area contributed by atoms with Crippen molar-refractivity contribution in [2.24, 2.45) is 0 Å². The van der Waals surface area contributed by atoms with Crippen LogP contribution in [0.3, 0.4) is 0 Å². The lowest BCUT2D eigenvalue weighted by atomic mass is 10.1. The Morgan fingerprint density at radius 2 is 2.05 bits per heavy atom. The van der Waals surface area contributed by atoms with Crippen LogP contribution in [0.1, 0.15) is 11.1 Å². The molecule has 0 aromatic heterocycles. The van der Waals surface area contributed by atoms with E-state index in [2.05, 4.69) is 0 Å². The van der Waals surface area contributed by atoms with Crippen molar-refractivity contribution in [2.45, 2.75) is 18.9 Å². The maximum atomic E-state index is 13.4. The van der Waals surface area contributed by atoms with Crippen LogP contribution in [0.25, 0.3) is 0 Å². The second-order valence-corrected chi connectivity index (χ2v) is 4.30. The van der Waals surface area contributed by atoms with Crippen LogP contribution in [0.2, 0.25) is 0 Å². The minimum absolute atomic E-state index is 0.139. The van der Waals surface area contributed by atoms with Crippen LogP contribution >= 0.6 is 0 Å². The summed E-state index contributed by atoms with van der Waals surface area (Å²) in [6.45, 7) is 0.515. The third kappa shape index (κ3) is 3.23. The van der Waals surface area contributed by atoms with Crippen LogP contribution in [0.5, 0.6) is 0 Å². The summed E-state index contributed by atoms with van der Waals surface area (Å²) in [5.41, 5.74) is -1.05. The standard InChI is InChI=1S/C12H11F4NO2/c13-11-2-1-9(12(14,15)16)3-8(11)6-19-10-4-17(5-10)7-18/h1-3,7,10H,4-6H2. The lowest BCUT2D eigenvalue weighted by Crippen LogP contribution is -2.51. The maximum absolute atomic E-state index is 13.4. The average molecular weight is 277 g/mol. The summed E-state index contributed by atoms with van der Waals surface area (Å²) in [5.74, 6) is -0.737. The Kier molecular flexibility index (Phi) is 3.75. The Morgan fingerprint density at radius 1 is 1.37 bits per heavy atom. The molecule has 0 atom stereocenters. The van der Waals surface area contributed by atoms with E-state index in [-0.39, 0.29) is 18.3 Å². The summed E-state index contributed by atoms with van der Waals surface area (Å²) < 4.78 is 56.0. The first-order chi connectivity index (χ1) is 8.90. The minimum atomic E-state index is -4.51. The summed E-state index contributed by atoms with van der Waals surface area (Å²) in [6, 6.07) is 2.21. The van der Waals surface area contributed by atoms with Gasteiger partial charge in [0.05, 0.1) is 18.3 Å². The first-order valence-corrected chi connectivity index (χ1v) is 5.56. The molecule has 2 rings (SSSR count). The van der Waals surface area contributed by atoms with Gasteiger partial charge in [-0.2, -0.15) is 13.2 Å². The third-order valence-electron chi connectivity index (χ3n) is 2.87. The molecule has 104 valence electrons. The molecule has 0 radical (unpaired) electrons. The van der Waals surface area contributed by atoms with E-state index < -0.39 is 17.6 Å². The number of ether oxygens (including phenoxy) is 1. The molecule has 1 aromatic rings. The van der Waals surface area contributed by atoms with Crippen LogP contribution in [0.4, 0.5) is 17.6 Å². The van der Waals surface area contributed by atoms with Gasteiger partial charge >= 0.3 is 6.18 Å². The molecule has 3 nitrogen and oxygen atoms in total. The normalized spacial score (nSPS) is 16.3. The fourth-order valence-corrected chi connectivity index (χ4v) is 1.73. The fourth-order valence-electron chi connectivity index (χ4n) is 1.73. The van der Waals surface area contributed by atoms with E-state index in [1.807, 2.05) is 0 Å². The molecule has 0 bridgehead atoms. The molecule has 0 unspecified atom stereocenters. The Labute approximate surface area is 106 Å². The zero-order valence-electron chi connectivity index (χ0n) is 9.78. The number of rotatable bonds is 4. The van der Waals surface area contributed by atoms with E-state index in [0.717, 1.165) is 12.1 Å². The van der Waals surface area contributed by atoms with Crippen molar-refractivity contribution >= 4 is 6.41 Å². The minimum Gasteiger partial charge on any atom is -0.370 e. The molecule has 1 aliphatic heterocycles. The molecule has 1 saturated heterocycles. The fraction of sp³-hybridized carbons (Fsp3) is 0.417. The number of alkyl halides is 3. The summed E-state index contributed by atoms with van der Waals surface area (Å²) in [7, 11) is 0. The number of carbonyl (C=O) groups is 1. The zero-order chi connectivity index (χ0) is 14.0. The van der Waals surface area contributed by atoms with Crippen molar-refractivity contribution < 1.29 is 27.1 Å². The van der Waals surface area contributed by atoms with E-state index in [1.54, 1.807) is 0 Å². The van der Waals surface area contributed by atoms with Crippen molar-refractivity contribution in [3.05, 3.63) is 35.1 Å². The molecule has 1 fully saturated rings. The highest BCUT2D eigenvalue weighted by Gasteiger charge is 2.31. The van der Waals surface area contributed by atoms with E-state index in [1.165, 1.54) is 4.90 Å². The number of amides is 1. The third-order valence-corrected chi connectivity index (χ3v) is 2.87. The van der Waals surface area contributed by atoms with Gasteiger partial charge in [0.2, 0.25) is 6.41 Å². The second kappa shape index (κ2) is 5.16. The molecule has 1 heterocycles. The van der Waals surface area contributed by atoms with Crippen molar-refractivity contribution in [3.8, 4) is 0 Å². The van der Waals surface area contributed by atoms with Gasteiger partial charge in [-0.05, 0) is 18.2 Å². The molecule has 0 saturated carbocycles. The van der Waals surface area contributed by atoms with Crippen LogP contribution in [0.15, 0.2) is 18.2 Å². The number of hydrogen-bond acceptors (Lipinski definition) is 2. The van der Waals surface area contributed by atoms with Crippen molar-refractivity contribution in [1.29, 1.82) is 0 Å². The topological polar surface area (TPSA) is 29.5 Å². The van der Waals surface area contributed by atoms with Gasteiger partial charge in [-0.3, -0.25) is 4.79 Å². The molecule has 7 heteroatoms. The lowest BCUT2D eigenvalue weighted by Gasteiger charge is -2.35. The van der Waals surface area contributed by atoms with Gasteiger partial charge in [-0.25, -0.2) is 4.39 Å². The second-order valence-electron chi connectivity index (χ2n) is 4.30. The Balaban J connectivity index is 1.98. The molecular formula is C12H11F4NO2. The summed E-state index contributed by atoms with van der Waals surface area (Å²) >= 11 is 0. The van der Waals surface area contributed by atoms with E-state index in [9.17, 15) is 22.4 Å².